The smallest absolute Gasteiger partial charge is 0.128 e. The van der Waals surface area contributed by atoms with Crippen molar-refractivity contribution in [3.63, 3.8) is 0 Å². The van der Waals surface area contributed by atoms with Crippen LogP contribution in [0.4, 0.5) is 5.82 Å². The van der Waals surface area contributed by atoms with Crippen LogP contribution in [0.3, 0.4) is 0 Å². The number of aromatic nitrogens is 1. The van der Waals surface area contributed by atoms with E-state index in [0.29, 0.717) is 5.92 Å². The van der Waals surface area contributed by atoms with Crippen molar-refractivity contribution in [2.75, 3.05) is 37.6 Å². The topological polar surface area (TPSA) is 19.4 Å². The van der Waals surface area contributed by atoms with Gasteiger partial charge in [0.2, 0.25) is 0 Å². The molecule has 2 heterocycles. The quantitative estimate of drug-likeness (QED) is 0.772. The first-order valence-corrected chi connectivity index (χ1v) is 7.07. The second-order valence-corrected chi connectivity index (χ2v) is 5.39. The summed E-state index contributed by atoms with van der Waals surface area (Å²) in [4.78, 5) is 9.37. The molecule has 3 heteroatoms. The first-order chi connectivity index (χ1) is 9.20. The molecule has 0 aromatic carbocycles. The lowest BCUT2D eigenvalue weighted by Crippen LogP contribution is -2.46. The molecule has 0 atom stereocenters. The van der Waals surface area contributed by atoms with Gasteiger partial charge in [-0.05, 0) is 17.5 Å². The van der Waals surface area contributed by atoms with Crippen molar-refractivity contribution in [2.24, 2.45) is 0 Å². The summed E-state index contributed by atoms with van der Waals surface area (Å²) in [5.41, 5.74) is 1.30. The molecule has 1 fully saturated rings. The SMILES string of the molecule is C#CCCN1CCN(c2ccc(C(C)C)cn2)CC1. The Balaban J connectivity index is 1.89. The molecule has 1 aliphatic heterocycles. The highest BCUT2D eigenvalue weighted by molar-refractivity contribution is 5.40. The molecule has 2 rings (SSSR count). The van der Waals surface area contributed by atoms with Crippen LogP contribution < -0.4 is 4.90 Å². The van der Waals surface area contributed by atoms with Gasteiger partial charge in [0.05, 0.1) is 0 Å². The number of anilines is 1. The summed E-state index contributed by atoms with van der Waals surface area (Å²) < 4.78 is 0. The molecule has 102 valence electrons. The Bertz CT molecular complexity index is 422. The molecule has 0 saturated carbocycles. The molecule has 0 spiro atoms. The van der Waals surface area contributed by atoms with E-state index in [1.165, 1.54) is 5.56 Å². The van der Waals surface area contributed by atoms with Gasteiger partial charge in [0.1, 0.15) is 5.82 Å². The first-order valence-electron chi connectivity index (χ1n) is 7.07. The number of terminal acetylenes is 1. The average Bonchev–Trinajstić information content (AvgIpc) is 2.46. The van der Waals surface area contributed by atoms with Gasteiger partial charge in [0.25, 0.3) is 0 Å². The molecule has 0 aliphatic carbocycles. The van der Waals surface area contributed by atoms with E-state index < -0.39 is 0 Å². The Morgan fingerprint density at radius 1 is 1.26 bits per heavy atom. The van der Waals surface area contributed by atoms with Gasteiger partial charge in [0, 0.05) is 45.3 Å². The minimum atomic E-state index is 0.544. The van der Waals surface area contributed by atoms with Crippen molar-refractivity contribution in [1.29, 1.82) is 0 Å². The van der Waals surface area contributed by atoms with E-state index >= 15 is 0 Å². The summed E-state index contributed by atoms with van der Waals surface area (Å²) in [7, 11) is 0. The van der Waals surface area contributed by atoms with Crippen molar-refractivity contribution < 1.29 is 0 Å². The zero-order chi connectivity index (χ0) is 13.7. The van der Waals surface area contributed by atoms with E-state index in [1.54, 1.807) is 0 Å². The van der Waals surface area contributed by atoms with Crippen LogP contribution in [-0.4, -0.2) is 42.6 Å². The third-order valence-electron chi connectivity index (χ3n) is 3.71. The highest BCUT2D eigenvalue weighted by Gasteiger charge is 2.17. The minimum Gasteiger partial charge on any atom is -0.354 e. The second kappa shape index (κ2) is 6.58. The van der Waals surface area contributed by atoms with Crippen molar-refractivity contribution in [3.8, 4) is 12.3 Å². The Morgan fingerprint density at radius 2 is 2.00 bits per heavy atom. The molecular formula is C16H23N3. The van der Waals surface area contributed by atoms with Gasteiger partial charge >= 0.3 is 0 Å². The van der Waals surface area contributed by atoms with Gasteiger partial charge in [-0.25, -0.2) is 4.98 Å². The largest absolute Gasteiger partial charge is 0.354 e. The van der Waals surface area contributed by atoms with Crippen molar-refractivity contribution in [1.82, 2.24) is 9.88 Å². The van der Waals surface area contributed by atoms with E-state index in [2.05, 4.69) is 46.7 Å². The standard InChI is InChI=1S/C16H23N3/c1-4-5-8-18-9-11-19(12-10-18)16-7-6-15(13-17-16)14(2)3/h1,6-7,13-14H,5,8-12H2,2-3H3. The summed E-state index contributed by atoms with van der Waals surface area (Å²) in [6.07, 6.45) is 8.16. The molecule has 1 aliphatic rings. The van der Waals surface area contributed by atoms with Crippen LogP contribution in [0.5, 0.6) is 0 Å². The molecular weight excluding hydrogens is 234 g/mol. The molecule has 0 radical (unpaired) electrons. The predicted octanol–water partition coefficient (Wildman–Crippen LogP) is 2.35. The fraction of sp³-hybridized carbons (Fsp3) is 0.562. The second-order valence-electron chi connectivity index (χ2n) is 5.39. The lowest BCUT2D eigenvalue weighted by atomic mass is 10.1. The van der Waals surface area contributed by atoms with Gasteiger partial charge in [-0.3, -0.25) is 4.90 Å². The minimum absolute atomic E-state index is 0.544. The fourth-order valence-corrected chi connectivity index (χ4v) is 2.35. The van der Waals surface area contributed by atoms with Crippen molar-refractivity contribution in [3.05, 3.63) is 23.9 Å². The molecule has 0 unspecified atom stereocenters. The van der Waals surface area contributed by atoms with Gasteiger partial charge in [-0.15, -0.1) is 12.3 Å². The molecule has 1 aromatic rings. The maximum absolute atomic E-state index is 5.31. The molecule has 0 bridgehead atoms. The van der Waals surface area contributed by atoms with Crippen LogP contribution >= 0.6 is 0 Å². The summed E-state index contributed by atoms with van der Waals surface area (Å²) in [5.74, 6) is 4.35. The highest BCUT2D eigenvalue weighted by Crippen LogP contribution is 2.18. The van der Waals surface area contributed by atoms with Crippen LogP contribution in [0.15, 0.2) is 18.3 Å². The molecule has 19 heavy (non-hydrogen) atoms. The third-order valence-corrected chi connectivity index (χ3v) is 3.71. The van der Waals surface area contributed by atoms with Crippen LogP contribution in [0.2, 0.25) is 0 Å². The van der Waals surface area contributed by atoms with Crippen LogP contribution in [0.1, 0.15) is 31.7 Å². The van der Waals surface area contributed by atoms with E-state index in [-0.39, 0.29) is 0 Å². The summed E-state index contributed by atoms with van der Waals surface area (Å²) >= 11 is 0. The third kappa shape index (κ3) is 3.71. The average molecular weight is 257 g/mol. The van der Waals surface area contributed by atoms with E-state index in [0.717, 1.165) is 45.0 Å². The Labute approximate surface area is 116 Å². The maximum atomic E-state index is 5.31. The zero-order valence-electron chi connectivity index (χ0n) is 12.0. The van der Waals surface area contributed by atoms with Gasteiger partial charge in [-0.1, -0.05) is 19.9 Å². The molecule has 0 N–H and O–H groups in total. The predicted molar refractivity (Wildman–Crippen MR) is 80.4 cm³/mol. The van der Waals surface area contributed by atoms with Gasteiger partial charge < -0.3 is 4.90 Å². The van der Waals surface area contributed by atoms with Crippen LogP contribution in [0.25, 0.3) is 0 Å². The number of nitrogens with zero attached hydrogens (tertiary/aromatic N) is 3. The lowest BCUT2D eigenvalue weighted by molar-refractivity contribution is 0.263. The van der Waals surface area contributed by atoms with E-state index in [4.69, 9.17) is 6.42 Å². The first kappa shape index (κ1) is 13.9. The number of piperazine rings is 1. The van der Waals surface area contributed by atoms with Crippen LogP contribution in [-0.2, 0) is 0 Å². The molecule has 1 saturated heterocycles. The maximum Gasteiger partial charge on any atom is 0.128 e. The van der Waals surface area contributed by atoms with Gasteiger partial charge in [0.15, 0.2) is 0 Å². The fourth-order valence-electron chi connectivity index (χ4n) is 2.35. The Kier molecular flexibility index (Phi) is 4.81. The Hall–Kier alpha value is -1.53. The number of hydrogen-bond acceptors (Lipinski definition) is 3. The lowest BCUT2D eigenvalue weighted by Gasteiger charge is -2.35. The Morgan fingerprint density at radius 3 is 2.53 bits per heavy atom. The molecule has 0 amide bonds. The van der Waals surface area contributed by atoms with E-state index in [1.807, 2.05) is 6.20 Å². The van der Waals surface area contributed by atoms with Crippen LogP contribution in [0, 0.1) is 12.3 Å². The summed E-state index contributed by atoms with van der Waals surface area (Å²) in [6.45, 7) is 9.65. The van der Waals surface area contributed by atoms with Crippen molar-refractivity contribution >= 4 is 5.82 Å². The molecule has 1 aromatic heterocycles. The van der Waals surface area contributed by atoms with Gasteiger partial charge in [-0.2, -0.15) is 0 Å². The highest BCUT2D eigenvalue weighted by atomic mass is 15.3. The molecule has 3 nitrogen and oxygen atoms in total. The number of hydrogen-bond donors (Lipinski definition) is 0. The normalized spacial score (nSPS) is 16.6. The number of rotatable bonds is 4. The zero-order valence-corrected chi connectivity index (χ0v) is 12.0. The number of pyridine rings is 1. The van der Waals surface area contributed by atoms with E-state index in [9.17, 15) is 0 Å². The summed E-state index contributed by atoms with van der Waals surface area (Å²) in [5, 5.41) is 0. The summed E-state index contributed by atoms with van der Waals surface area (Å²) in [6, 6.07) is 4.34. The van der Waals surface area contributed by atoms with Crippen molar-refractivity contribution in [2.45, 2.75) is 26.2 Å². The monoisotopic (exact) mass is 257 g/mol.